The van der Waals surface area contributed by atoms with Gasteiger partial charge in [-0.05, 0) is 49.1 Å². The molecule has 2 rings (SSSR count). The molecule has 0 saturated heterocycles. The second-order valence-corrected chi connectivity index (χ2v) is 10.9. The van der Waals surface area contributed by atoms with E-state index in [1.807, 2.05) is 44.3 Å². The number of carbonyl (C=O) groups is 4. The summed E-state index contributed by atoms with van der Waals surface area (Å²) in [6.07, 6.45) is 2.81. The average Bonchev–Trinajstić information content (AvgIpc) is 3.30. The van der Waals surface area contributed by atoms with Crippen LogP contribution in [0.1, 0.15) is 52.5 Å². The molecule has 0 aliphatic heterocycles. The van der Waals surface area contributed by atoms with Crippen LogP contribution in [0.15, 0.2) is 35.5 Å². The van der Waals surface area contributed by atoms with E-state index in [4.69, 9.17) is 17.2 Å². The largest absolute Gasteiger partial charge is 0.480 e. The topological polar surface area (TPSA) is 231 Å². The molecule has 1 heterocycles. The Labute approximate surface area is 240 Å². The highest BCUT2D eigenvalue weighted by atomic mass is 16.4. The third-order valence-electron chi connectivity index (χ3n) is 6.60. The molecule has 1 aromatic heterocycles. The number of para-hydroxylation sites is 1. The van der Waals surface area contributed by atoms with Gasteiger partial charge in [0.25, 0.3) is 0 Å². The number of H-pyrrole nitrogens is 1. The third kappa shape index (κ3) is 10.4. The predicted molar refractivity (Wildman–Crippen MR) is 158 cm³/mol. The molecule has 2 aromatic rings. The van der Waals surface area contributed by atoms with Crippen LogP contribution in [0.5, 0.6) is 0 Å². The molecule has 0 radical (unpaired) electrons. The maximum Gasteiger partial charge on any atom is 0.326 e. The van der Waals surface area contributed by atoms with Crippen molar-refractivity contribution in [1.82, 2.24) is 20.9 Å². The van der Waals surface area contributed by atoms with E-state index in [1.54, 1.807) is 13.8 Å². The summed E-state index contributed by atoms with van der Waals surface area (Å²) in [6.45, 7) is 7.49. The molecular weight excluding hydrogens is 528 g/mol. The number of aromatic amines is 1. The van der Waals surface area contributed by atoms with Crippen LogP contribution in [0.2, 0.25) is 0 Å². The molecule has 0 fully saturated rings. The molecule has 1 aromatic carbocycles. The molecule has 4 unspecified atom stereocenters. The Kier molecular flexibility index (Phi) is 12.6. The number of hydrogen-bond donors (Lipinski definition) is 8. The first-order chi connectivity index (χ1) is 19.3. The van der Waals surface area contributed by atoms with Crippen molar-refractivity contribution in [2.75, 3.05) is 6.54 Å². The van der Waals surface area contributed by atoms with E-state index < -0.39 is 47.9 Å². The monoisotopic (exact) mass is 572 g/mol. The van der Waals surface area contributed by atoms with Gasteiger partial charge in [-0.3, -0.25) is 19.4 Å². The van der Waals surface area contributed by atoms with E-state index in [0.717, 1.165) is 16.5 Å². The number of carboxylic acids is 1. The molecule has 13 nitrogen and oxygen atoms in total. The van der Waals surface area contributed by atoms with Gasteiger partial charge in [0, 0.05) is 23.6 Å². The van der Waals surface area contributed by atoms with Gasteiger partial charge in [-0.25, -0.2) is 4.79 Å². The maximum absolute atomic E-state index is 13.3. The first-order valence-corrected chi connectivity index (χ1v) is 13.8. The minimum absolute atomic E-state index is 0.0452. The fourth-order valence-electron chi connectivity index (χ4n) is 4.42. The molecule has 4 atom stereocenters. The standard InChI is InChI=1S/C28H44N8O5/c1-15(2)12-22(35-24(37)19(29)13-17-14-33-20-9-6-5-8-18(17)20)25(38)36-23(16(3)4)26(39)34-21(27(40)41)10-7-11-32-28(30)31/h5-6,8-9,14-16,19,21-23,33H,7,10-13,29H2,1-4H3,(H,34,39)(H,35,37)(H,36,38)(H,40,41)(H4,30,31,32). The normalized spacial score (nSPS) is 14.2. The first kappa shape index (κ1) is 33.1. The second kappa shape index (κ2) is 15.6. The number of nitrogens with two attached hydrogens (primary N) is 3. The van der Waals surface area contributed by atoms with Crippen LogP contribution in [0, 0.1) is 11.8 Å². The Bertz CT molecular complexity index is 1220. The number of fused-ring (bicyclic) bond motifs is 1. The van der Waals surface area contributed by atoms with Crippen molar-refractivity contribution in [3.05, 3.63) is 36.0 Å². The molecule has 13 heteroatoms. The van der Waals surface area contributed by atoms with Gasteiger partial charge in [-0.2, -0.15) is 0 Å². The number of aromatic nitrogens is 1. The Hall–Kier alpha value is -4.13. The summed E-state index contributed by atoms with van der Waals surface area (Å²) in [5.74, 6) is -3.34. The van der Waals surface area contributed by atoms with E-state index in [2.05, 4.69) is 25.9 Å². The summed E-state index contributed by atoms with van der Waals surface area (Å²) in [4.78, 5) is 58.2. The lowest BCUT2D eigenvalue weighted by Crippen LogP contribution is -2.58. The summed E-state index contributed by atoms with van der Waals surface area (Å²) >= 11 is 0. The van der Waals surface area contributed by atoms with Gasteiger partial charge < -0.3 is 43.2 Å². The number of hydrogen-bond acceptors (Lipinski definition) is 6. The number of amides is 3. The zero-order valence-electron chi connectivity index (χ0n) is 24.1. The smallest absolute Gasteiger partial charge is 0.326 e. The highest BCUT2D eigenvalue weighted by Gasteiger charge is 2.32. The van der Waals surface area contributed by atoms with Crippen molar-refractivity contribution in [1.29, 1.82) is 0 Å². The van der Waals surface area contributed by atoms with Crippen molar-refractivity contribution >= 4 is 40.6 Å². The van der Waals surface area contributed by atoms with Crippen molar-refractivity contribution in [2.45, 2.75) is 77.5 Å². The molecule has 0 aliphatic carbocycles. The minimum atomic E-state index is -1.22. The molecule has 11 N–H and O–H groups in total. The number of benzene rings is 1. The van der Waals surface area contributed by atoms with E-state index >= 15 is 0 Å². The number of nitrogens with zero attached hydrogens (tertiary/aromatic N) is 1. The van der Waals surface area contributed by atoms with Crippen LogP contribution in [0.25, 0.3) is 10.9 Å². The SMILES string of the molecule is CC(C)CC(NC(=O)C(N)Cc1c[nH]c2ccccc12)C(=O)NC(C(=O)NC(CCCN=C(N)N)C(=O)O)C(C)C. The zero-order chi connectivity index (χ0) is 30.7. The fourth-order valence-corrected chi connectivity index (χ4v) is 4.42. The van der Waals surface area contributed by atoms with Gasteiger partial charge in [0.15, 0.2) is 5.96 Å². The summed E-state index contributed by atoms with van der Waals surface area (Å²) in [6, 6.07) is 3.61. The van der Waals surface area contributed by atoms with Gasteiger partial charge in [-0.15, -0.1) is 0 Å². The molecule has 3 amide bonds. The van der Waals surface area contributed by atoms with Crippen LogP contribution in [0.3, 0.4) is 0 Å². The van der Waals surface area contributed by atoms with Gasteiger partial charge in [0.1, 0.15) is 18.1 Å². The Morgan fingerprint density at radius 3 is 2.22 bits per heavy atom. The van der Waals surface area contributed by atoms with Crippen molar-refractivity contribution in [3.63, 3.8) is 0 Å². The lowest BCUT2D eigenvalue weighted by atomic mass is 9.98. The number of carbonyl (C=O) groups excluding carboxylic acids is 3. The van der Waals surface area contributed by atoms with E-state index in [1.165, 1.54) is 0 Å². The highest BCUT2D eigenvalue weighted by Crippen LogP contribution is 2.19. The maximum atomic E-state index is 13.3. The number of rotatable bonds is 16. The van der Waals surface area contributed by atoms with Crippen molar-refractivity contribution in [3.8, 4) is 0 Å². The van der Waals surface area contributed by atoms with E-state index in [0.29, 0.717) is 12.8 Å². The average molecular weight is 573 g/mol. The molecule has 0 spiro atoms. The minimum Gasteiger partial charge on any atom is -0.480 e. The number of carboxylic acid groups (broad SMARTS) is 1. The second-order valence-electron chi connectivity index (χ2n) is 10.9. The van der Waals surface area contributed by atoms with Gasteiger partial charge in [0.2, 0.25) is 17.7 Å². The van der Waals surface area contributed by atoms with Crippen LogP contribution >= 0.6 is 0 Å². The lowest BCUT2D eigenvalue weighted by Gasteiger charge is -2.27. The fraction of sp³-hybridized carbons (Fsp3) is 0.536. The summed E-state index contributed by atoms with van der Waals surface area (Å²) < 4.78 is 0. The molecule has 0 aliphatic rings. The molecule has 226 valence electrons. The van der Waals surface area contributed by atoms with Crippen LogP contribution in [-0.4, -0.2) is 70.5 Å². The number of aliphatic carboxylic acids is 1. The number of nitrogens with one attached hydrogen (secondary N) is 4. The summed E-state index contributed by atoms with van der Waals surface area (Å²) in [7, 11) is 0. The number of guanidine groups is 1. The van der Waals surface area contributed by atoms with Gasteiger partial charge >= 0.3 is 5.97 Å². The lowest BCUT2D eigenvalue weighted by molar-refractivity contribution is -0.142. The third-order valence-corrected chi connectivity index (χ3v) is 6.60. The zero-order valence-corrected chi connectivity index (χ0v) is 24.1. The predicted octanol–water partition coefficient (Wildman–Crippen LogP) is 0.332. The molecule has 0 bridgehead atoms. The summed E-state index contributed by atoms with van der Waals surface area (Å²) in [5.41, 5.74) is 18.6. The van der Waals surface area contributed by atoms with Gasteiger partial charge in [0.05, 0.1) is 6.04 Å². The molecular formula is C28H44N8O5. The number of aliphatic imine (C=N–C) groups is 1. The van der Waals surface area contributed by atoms with Crippen LogP contribution in [0.4, 0.5) is 0 Å². The van der Waals surface area contributed by atoms with Crippen LogP contribution in [-0.2, 0) is 25.6 Å². The summed E-state index contributed by atoms with van der Waals surface area (Å²) in [5, 5.41) is 18.5. The van der Waals surface area contributed by atoms with E-state index in [-0.39, 0.29) is 37.2 Å². The highest BCUT2D eigenvalue weighted by molar-refractivity contribution is 5.94. The quantitative estimate of drug-likeness (QED) is 0.0791. The first-order valence-electron chi connectivity index (χ1n) is 13.8. The van der Waals surface area contributed by atoms with Gasteiger partial charge in [-0.1, -0.05) is 45.9 Å². The molecule has 41 heavy (non-hydrogen) atoms. The van der Waals surface area contributed by atoms with Crippen LogP contribution < -0.4 is 33.2 Å². The Morgan fingerprint density at radius 1 is 0.951 bits per heavy atom. The Morgan fingerprint density at radius 2 is 1.61 bits per heavy atom. The van der Waals surface area contributed by atoms with Crippen molar-refractivity contribution < 1.29 is 24.3 Å². The van der Waals surface area contributed by atoms with E-state index in [9.17, 15) is 24.3 Å². The Balaban J connectivity index is 2.07. The van der Waals surface area contributed by atoms with Crippen molar-refractivity contribution in [2.24, 2.45) is 34.0 Å². The molecule has 0 saturated carbocycles.